The fourth-order valence-corrected chi connectivity index (χ4v) is 4.32. The normalized spacial score (nSPS) is 11.1. The van der Waals surface area contributed by atoms with Gasteiger partial charge in [0.2, 0.25) is 5.91 Å². The topological polar surface area (TPSA) is 114 Å². The molecule has 0 atom stereocenters. The summed E-state index contributed by atoms with van der Waals surface area (Å²) in [5, 5.41) is 7.86. The van der Waals surface area contributed by atoms with Crippen LogP contribution >= 0.6 is 0 Å². The molecule has 0 aliphatic heterocycles. The average Bonchev–Trinajstić information content (AvgIpc) is 3.59. The summed E-state index contributed by atoms with van der Waals surface area (Å²) in [6.07, 6.45) is 5.94. The molecule has 0 radical (unpaired) electrons. The van der Waals surface area contributed by atoms with Crippen molar-refractivity contribution >= 4 is 45.2 Å². The summed E-state index contributed by atoms with van der Waals surface area (Å²) >= 11 is 0. The summed E-state index contributed by atoms with van der Waals surface area (Å²) in [6.45, 7) is 2.35. The second kappa shape index (κ2) is 9.38. The summed E-state index contributed by atoms with van der Waals surface area (Å²) in [5.74, 6) is -0.0609. The van der Waals surface area contributed by atoms with E-state index in [1.165, 1.54) is 14.0 Å². The number of carbonyl (C=O) groups excluding carboxylic acids is 2. The molecule has 1 aromatic carbocycles. The lowest BCUT2D eigenvalue weighted by molar-refractivity contribution is -0.114. The first-order chi connectivity index (χ1) is 17.0. The van der Waals surface area contributed by atoms with Gasteiger partial charge in [-0.1, -0.05) is 18.2 Å². The maximum absolute atomic E-state index is 12.9. The van der Waals surface area contributed by atoms with Crippen molar-refractivity contribution in [3.63, 3.8) is 0 Å². The van der Waals surface area contributed by atoms with Crippen LogP contribution < -0.4 is 10.6 Å². The Balaban J connectivity index is 1.56. The van der Waals surface area contributed by atoms with Crippen LogP contribution in [0.4, 0.5) is 11.4 Å². The number of aromatic nitrogens is 3. The number of aromatic amines is 1. The van der Waals surface area contributed by atoms with Gasteiger partial charge in [0, 0.05) is 36.0 Å². The zero-order valence-electron chi connectivity index (χ0n) is 19.4. The first-order valence-electron chi connectivity index (χ1n) is 11.2. The van der Waals surface area contributed by atoms with Crippen LogP contribution in [0, 0.1) is 0 Å². The number of benzene rings is 1. The number of para-hydroxylation sites is 1. The minimum atomic E-state index is -0.546. The van der Waals surface area contributed by atoms with Crippen LogP contribution in [-0.4, -0.2) is 33.5 Å². The van der Waals surface area contributed by atoms with E-state index in [0.717, 1.165) is 27.9 Å². The second-order valence-electron chi connectivity index (χ2n) is 8.19. The number of rotatable bonds is 8. The minimum Gasteiger partial charge on any atom is -0.467 e. The Morgan fingerprint density at radius 2 is 2.03 bits per heavy atom. The molecule has 0 saturated heterocycles. The molecule has 5 aromatic rings. The van der Waals surface area contributed by atoms with Gasteiger partial charge in [-0.05, 0) is 36.2 Å². The van der Waals surface area contributed by atoms with Crippen molar-refractivity contribution in [3.8, 4) is 0 Å². The maximum atomic E-state index is 12.9. The predicted octanol–water partition coefficient (Wildman–Crippen LogP) is 4.71. The van der Waals surface area contributed by atoms with Crippen LogP contribution in [0.25, 0.3) is 21.9 Å². The maximum Gasteiger partial charge on any atom is 0.356 e. The SMILES string of the molecule is COC(=O)c1c(NC(C)=O)c2cc(NCc3ccco3)cnc2n1CCc1c[nH]c2ccccc12. The fourth-order valence-electron chi connectivity index (χ4n) is 4.32. The average molecular weight is 472 g/mol. The summed E-state index contributed by atoms with van der Waals surface area (Å²) in [7, 11) is 1.32. The Bertz CT molecular complexity index is 1510. The molecule has 3 N–H and O–H groups in total. The van der Waals surface area contributed by atoms with Crippen LogP contribution in [0.15, 0.2) is 65.5 Å². The highest BCUT2D eigenvalue weighted by Gasteiger charge is 2.25. The first-order valence-corrected chi connectivity index (χ1v) is 11.2. The second-order valence-corrected chi connectivity index (χ2v) is 8.19. The number of furan rings is 1. The van der Waals surface area contributed by atoms with E-state index < -0.39 is 5.97 Å². The lowest BCUT2D eigenvalue weighted by Crippen LogP contribution is -2.16. The van der Waals surface area contributed by atoms with Crippen LogP contribution in [0.1, 0.15) is 28.7 Å². The third-order valence-corrected chi connectivity index (χ3v) is 5.90. The van der Waals surface area contributed by atoms with Gasteiger partial charge in [-0.25, -0.2) is 9.78 Å². The fraction of sp³-hybridized carbons (Fsp3) is 0.192. The van der Waals surface area contributed by atoms with Gasteiger partial charge in [-0.15, -0.1) is 0 Å². The smallest absolute Gasteiger partial charge is 0.356 e. The van der Waals surface area contributed by atoms with E-state index >= 15 is 0 Å². The molecule has 0 saturated carbocycles. The Morgan fingerprint density at radius 3 is 2.80 bits per heavy atom. The number of amides is 1. The third-order valence-electron chi connectivity index (χ3n) is 5.90. The molecule has 0 bridgehead atoms. The van der Waals surface area contributed by atoms with E-state index in [2.05, 4.69) is 26.7 Å². The molecule has 9 nitrogen and oxygen atoms in total. The monoisotopic (exact) mass is 471 g/mol. The lowest BCUT2D eigenvalue weighted by Gasteiger charge is -2.10. The van der Waals surface area contributed by atoms with Crippen LogP contribution in [0.3, 0.4) is 0 Å². The number of carbonyl (C=O) groups is 2. The number of fused-ring (bicyclic) bond motifs is 2. The van der Waals surface area contributed by atoms with Crippen molar-refractivity contribution in [2.24, 2.45) is 0 Å². The van der Waals surface area contributed by atoms with E-state index in [0.29, 0.717) is 36.2 Å². The highest BCUT2D eigenvalue weighted by Crippen LogP contribution is 2.33. The molecule has 0 spiro atoms. The number of ether oxygens (including phenoxy) is 1. The highest BCUT2D eigenvalue weighted by molar-refractivity contribution is 6.11. The largest absolute Gasteiger partial charge is 0.467 e. The number of hydrogen-bond acceptors (Lipinski definition) is 6. The summed E-state index contributed by atoms with van der Waals surface area (Å²) in [5.41, 5.74) is 4.12. The van der Waals surface area contributed by atoms with Gasteiger partial charge in [-0.3, -0.25) is 4.79 Å². The molecule has 0 aliphatic carbocycles. The zero-order valence-corrected chi connectivity index (χ0v) is 19.4. The molecule has 35 heavy (non-hydrogen) atoms. The predicted molar refractivity (Wildman–Crippen MR) is 133 cm³/mol. The standard InChI is InChI=1S/C26H25N5O4/c1-16(32)30-23-21-12-18(27-15-19-6-5-11-35-19)14-29-25(21)31(24(23)26(33)34-2)10-9-17-13-28-22-8-4-3-7-20(17)22/h3-8,11-14,27-28H,9-10,15H2,1-2H3,(H,30,32). The van der Waals surface area contributed by atoms with Crippen LogP contribution in [0.5, 0.6) is 0 Å². The van der Waals surface area contributed by atoms with Crippen molar-refractivity contribution < 1.29 is 18.7 Å². The molecular formula is C26H25N5O4. The molecule has 1 amide bonds. The molecule has 178 valence electrons. The Kier molecular flexibility index (Phi) is 5.97. The van der Waals surface area contributed by atoms with Crippen molar-refractivity contribution in [2.75, 3.05) is 17.7 Å². The van der Waals surface area contributed by atoms with Crippen LogP contribution in [-0.2, 0) is 29.0 Å². The van der Waals surface area contributed by atoms with Gasteiger partial charge in [0.15, 0.2) is 5.69 Å². The van der Waals surface area contributed by atoms with Crippen molar-refractivity contribution in [1.29, 1.82) is 0 Å². The summed E-state index contributed by atoms with van der Waals surface area (Å²) in [4.78, 5) is 32.9. The van der Waals surface area contributed by atoms with E-state index in [1.54, 1.807) is 12.5 Å². The van der Waals surface area contributed by atoms with Crippen molar-refractivity contribution in [2.45, 2.75) is 26.4 Å². The number of pyridine rings is 1. The highest BCUT2D eigenvalue weighted by atomic mass is 16.5. The number of H-pyrrole nitrogens is 1. The number of anilines is 2. The molecule has 4 aromatic heterocycles. The first kappa shape index (κ1) is 22.3. The van der Waals surface area contributed by atoms with Crippen molar-refractivity contribution in [3.05, 3.63) is 78.1 Å². The Labute approximate surface area is 201 Å². The quantitative estimate of drug-likeness (QED) is 0.282. The van der Waals surface area contributed by atoms with E-state index in [4.69, 9.17) is 9.15 Å². The minimum absolute atomic E-state index is 0.258. The summed E-state index contributed by atoms with van der Waals surface area (Å²) in [6, 6.07) is 13.6. The number of hydrogen-bond donors (Lipinski definition) is 3. The van der Waals surface area contributed by atoms with E-state index in [-0.39, 0.29) is 11.6 Å². The molecule has 4 heterocycles. The number of esters is 1. The molecule has 0 fully saturated rings. The number of nitrogens with one attached hydrogen (secondary N) is 3. The molecule has 0 aliphatic rings. The summed E-state index contributed by atoms with van der Waals surface area (Å²) < 4.78 is 12.3. The third kappa shape index (κ3) is 4.35. The van der Waals surface area contributed by atoms with Crippen LogP contribution in [0.2, 0.25) is 0 Å². The molecular weight excluding hydrogens is 446 g/mol. The molecule has 9 heteroatoms. The van der Waals surface area contributed by atoms with Gasteiger partial charge in [0.25, 0.3) is 0 Å². The lowest BCUT2D eigenvalue weighted by atomic mass is 10.1. The Hall–Kier alpha value is -4.53. The van der Waals surface area contributed by atoms with Gasteiger partial charge >= 0.3 is 5.97 Å². The van der Waals surface area contributed by atoms with E-state index in [9.17, 15) is 9.59 Å². The number of nitrogens with zero attached hydrogens (tertiary/aromatic N) is 2. The van der Waals surface area contributed by atoms with Gasteiger partial charge in [0.05, 0.1) is 37.5 Å². The molecule has 0 unspecified atom stereocenters. The van der Waals surface area contributed by atoms with Gasteiger partial charge < -0.3 is 29.3 Å². The molecule has 5 rings (SSSR count). The van der Waals surface area contributed by atoms with Gasteiger partial charge in [-0.2, -0.15) is 0 Å². The van der Waals surface area contributed by atoms with Gasteiger partial charge in [0.1, 0.15) is 11.4 Å². The van der Waals surface area contributed by atoms with E-state index in [1.807, 2.05) is 47.2 Å². The zero-order chi connectivity index (χ0) is 24.4. The number of methoxy groups -OCH3 is 1. The van der Waals surface area contributed by atoms with Crippen molar-refractivity contribution in [1.82, 2.24) is 14.5 Å². The Morgan fingerprint density at radius 1 is 1.17 bits per heavy atom. The number of aryl methyl sites for hydroxylation is 2.